The summed E-state index contributed by atoms with van der Waals surface area (Å²) in [5.41, 5.74) is 1.28. The second-order valence-electron chi connectivity index (χ2n) is 4.42. The number of carboxylic acid groups (broad SMARTS) is 1. The van der Waals surface area contributed by atoms with E-state index in [4.69, 9.17) is 0 Å². The first-order valence-electron chi connectivity index (χ1n) is 6.04. The summed E-state index contributed by atoms with van der Waals surface area (Å²) < 4.78 is 1.49. The normalized spacial score (nSPS) is 12.1. The van der Waals surface area contributed by atoms with Crippen molar-refractivity contribution in [2.75, 3.05) is 0 Å². The molecule has 19 heavy (non-hydrogen) atoms. The first kappa shape index (κ1) is 13.1. The standard InChI is InChI=1S/C15H15NO3/c1-11-6-5-9-14(17)16(11)10-13(15(18)19)12-7-3-2-4-8-12/h2-9,13H,10H2,1H3,(H,18,19). The summed E-state index contributed by atoms with van der Waals surface area (Å²) in [6.07, 6.45) is 0. The molecule has 0 bridgehead atoms. The maximum absolute atomic E-state index is 11.8. The fraction of sp³-hybridized carbons (Fsp3) is 0.200. The Kier molecular flexibility index (Phi) is 3.80. The summed E-state index contributed by atoms with van der Waals surface area (Å²) in [4.78, 5) is 23.2. The molecule has 0 saturated carbocycles. The van der Waals surface area contributed by atoms with E-state index in [0.717, 1.165) is 5.69 Å². The second-order valence-corrected chi connectivity index (χ2v) is 4.42. The zero-order valence-electron chi connectivity index (χ0n) is 10.6. The van der Waals surface area contributed by atoms with Gasteiger partial charge in [0.15, 0.2) is 0 Å². The van der Waals surface area contributed by atoms with E-state index in [1.165, 1.54) is 10.6 Å². The molecule has 1 N–H and O–H groups in total. The summed E-state index contributed by atoms with van der Waals surface area (Å²) in [7, 11) is 0. The van der Waals surface area contributed by atoms with Crippen LogP contribution in [-0.4, -0.2) is 15.6 Å². The van der Waals surface area contributed by atoms with E-state index < -0.39 is 11.9 Å². The van der Waals surface area contributed by atoms with Crippen LogP contribution in [0.1, 0.15) is 17.2 Å². The minimum atomic E-state index is -0.929. The van der Waals surface area contributed by atoms with E-state index in [0.29, 0.717) is 5.56 Å². The lowest BCUT2D eigenvalue weighted by Gasteiger charge is -2.16. The number of carboxylic acids is 1. The van der Waals surface area contributed by atoms with Gasteiger partial charge in [-0.15, -0.1) is 0 Å². The highest BCUT2D eigenvalue weighted by atomic mass is 16.4. The Morgan fingerprint density at radius 2 is 1.84 bits per heavy atom. The Hall–Kier alpha value is -2.36. The number of aryl methyl sites for hydroxylation is 1. The van der Waals surface area contributed by atoms with Crippen molar-refractivity contribution >= 4 is 5.97 Å². The maximum atomic E-state index is 11.8. The van der Waals surface area contributed by atoms with Gasteiger partial charge in [-0.2, -0.15) is 0 Å². The molecular formula is C15H15NO3. The van der Waals surface area contributed by atoms with E-state index in [-0.39, 0.29) is 12.1 Å². The molecule has 1 aromatic heterocycles. The Balaban J connectivity index is 2.38. The minimum absolute atomic E-state index is 0.144. The van der Waals surface area contributed by atoms with Crippen molar-refractivity contribution in [3.05, 3.63) is 70.1 Å². The molecule has 0 fully saturated rings. The lowest BCUT2D eigenvalue weighted by molar-refractivity contribution is -0.139. The predicted octanol–water partition coefficient (Wildman–Crippen LogP) is 2.03. The molecule has 0 saturated heterocycles. The number of carbonyl (C=O) groups is 1. The number of hydrogen-bond acceptors (Lipinski definition) is 2. The van der Waals surface area contributed by atoms with E-state index in [2.05, 4.69) is 0 Å². The number of rotatable bonds is 4. The smallest absolute Gasteiger partial charge is 0.312 e. The average Bonchev–Trinajstić information content (AvgIpc) is 2.39. The number of nitrogens with zero attached hydrogens (tertiary/aromatic N) is 1. The molecule has 0 aliphatic heterocycles. The van der Waals surface area contributed by atoms with Gasteiger partial charge < -0.3 is 9.67 Å². The Bertz CT molecular complexity index is 631. The average molecular weight is 257 g/mol. The third-order valence-electron chi connectivity index (χ3n) is 3.13. The van der Waals surface area contributed by atoms with Crippen molar-refractivity contribution in [1.82, 2.24) is 4.57 Å². The summed E-state index contributed by atoms with van der Waals surface area (Å²) in [6.45, 7) is 1.94. The molecule has 1 unspecified atom stereocenters. The highest BCUT2D eigenvalue weighted by Crippen LogP contribution is 2.18. The highest BCUT2D eigenvalue weighted by Gasteiger charge is 2.21. The first-order chi connectivity index (χ1) is 9.09. The van der Waals surface area contributed by atoms with E-state index >= 15 is 0 Å². The maximum Gasteiger partial charge on any atom is 0.312 e. The van der Waals surface area contributed by atoms with E-state index in [1.54, 1.807) is 43.3 Å². The van der Waals surface area contributed by atoms with Crippen LogP contribution >= 0.6 is 0 Å². The van der Waals surface area contributed by atoms with Crippen LogP contribution in [0.25, 0.3) is 0 Å². The van der Waals surface area contributed by atoms with Crippen molar-refractivity contribution in [3.8, 4) is 0 Å². The van der Waals surface area contributed by atoms with Crippen molar-refractivity contribution < 1.29 is 9.90 Å². The van der Waals surface area contributed by atoms with Crippen molar-refractivity contribution in [3.63, 3.8) is 0 Å². The number of aromatic nitrogens is 1. The van der Waals surface area contributed by atoms with Gasteiger partial charge in [0, 0.05) is 18.3 Å². The highest BCUT2D eigenvalue weighted by molar-refractivity contribution is 5.75. The number of benzene rings is 1. The molecule has 4 heteroatoms. The third-order valence-corrected chi connectivity index (χ3v) is 3.13. The fourth-order valence-electron chi connectivity index (χ4n) is 2.05. The zero-order chi connectivity index (χ0) is 13.8. The molecule has 4 nitrogen and oxygen atoms in total. The summed E-state index contributed by atoms with van der Waals surface area (Å²) in [6, 6.07) is 13.9. The number of hydrogen-bond donors (Lipinski definition) is 1. The topological polar surface area (TPSA) is 59.3 Å². The van der Waals surface area contributed by atoms with Crippen LogP contribution in [0.5, 0.6) is 0 Å². The lowest BCUT2D eigenvalue weighted by Crippen LogP contribution is -2.27. The number of aliphatic carboxylic acids is 1. The Morgan fingerprint density at radius 1 is 1.16 bits per heavy atom. The van der Waals surface area contributed by atoms with Crippen LogP contribution in [0.2, 0.25) is 0 Å². The van der Waals surface area contributed by atoms with Crippen LogP contribution in [0, 0.1) is 6.92 Å². The van der Waals surface area contributed by atoms with Crippen LogP contribution in [0.15, 0.2) is 53.3 Å². The van der Waals surface area contributed by atoms with Gasteiger partial charge in [-0.25, -0.2) is 0 Å². The van der Waals surface area contributed by atoms with Gasteiger partial charge in [0.2, 0.25) is 0 Å². The molecule has 0 aliphatic rings. The summed E-state index contributed by atoms with van der Waals surface area (Å²) >= 11 is 0. The molecule has 2 rings (SSSR count). The minimum Gasteiger partial charge on any atom is -0.481 e. The van der Waals surface area contributed by atoms with Gasteiger partial charge in [0.25, 0.3) is 5.56 Å². The summed E-state index contributed by atoms with van der Waals surface area (Å²) in [5.74, 6) is -1.65. The van der Waals surface area contributed by atoms with Crippen LogP contribution in [-0.2, 0) is 11.3 Å². The lowest BCUT2D eigenvalue weighted by atomic mass is 9.99. The van der Waals surface area contributed by atoms with Crippen LogP contribution in [0.3, 0.4) is 0 Å². The molecular weight excluding hydrogens is 242 g/mol. The van der Waals surface area contributed by atoms with Crippen LogP contribution < -0.4 is 5.56 Å². The third kappa shape index (κ3) is 2.91. The van der Waals surface area contributed by atoms with Gasteiger partial charge in [-0.05, 0) is 18.6 Å². The van der Waals surface area contributed by atoms with Crippen molar-refractivity contribution in [1.29, 1.82) is 0 Å². The Morgan fingerprint density at radius 3 is 2.42 bits per heavy atom. The molecule has 1 aromatic carbocycles. The molecule has 2 aromatic rings. The molecule has 0 aliphatic carbocycles. The van der Waals surface area contributed by atoms with Gasteiger partial charge in [-0.1, -0.05) is 36.4 Å². The van der Waals surface area contributed by atoms with Gasteiger partial charge in [-0.3, -0.25) is 9.59 Å². The largest absolute Gasteiger partial charge is 0.481 e. The number of pyridine rings is 1. The SMILES string of the molecule is Cc1cccc(=O)n1CC(C(=O)O)c1ccccc1. The first-order valence-corrected chi connectivity index (χ1v) is 6.04. The predicted molar refractivity (Wildman–Crippen MR) is 72.3 cm³/mol. The molecule has 0 amide bonds. The second kappa shape index (κ2) is 5.52. The molecule has 0 radical (unpaired) electrons. The van der Waals surface area contributed by atoms with Crippen molar-refractivity contribution in [2.45, 2.75) is 19.4 Å². The molecule has 0 spiro atoms. The summed E-state index contributed by atoms with van der Waals surface area (Å²) in [5, 5.41) is 9.35. The fourth-order valence-corrected chi connectivity index (χ4v) is 2.05. The van der Waals surface area contributed by atoms with E-state index in [9.17, 15) is 14.7 Å². The molecule has 1 atom stereocenters. The van der Waals surface area contributed by atoms with Gasteiger partial charge in [0.05, 0.1) is 5.92 Å². The molecule has 98 valence electrons. The van der Waals surface area contributed by atoms with Gasteiger partial charge >= 0.3 is 5.97 Å². The van der Waals surface area contributed by atoms with Crippen LogP contribution in [0.4, 0.5) is 0 Å². The quantitative estimate of drug-likeness (QED) is 0.911. The monoisotopic (exact) mass is 257 g/mol. The van der Waals surface area contributed by atoms with E-state index in [1.807, 2.05) is 6.07 Å². The van der Waals surface area contributed by atoms with Gasteiger partial charge in [0.1, 0.15) is 0 Å². The molecule has 1 heterocycles. The zero-order valence-corrected chi connectivity index (χ0v) is 10.6. The Labute approximate surface area is 110 Å². The van der Waals surface area contributed by atoms with Crippen molar-refractivity contribution in [2.24, 2.45) is 0 Å².